The molecule has 3 aromatic rings. The number of methoxy groups -OCH3 is 3. The van der Waals surface area contributed by atoms with Crippen molar-refractivity contribution in [1.82, 2.24) is 10.3 Å². The van der Waals surface area contributed by atoms with Gasteiger partial charge in [0.25, 0.3) is 5.91 Å². The van der Waals surface area contributed by atoms with Crippen molar-refractivity contribution in [3.8, 4) is 17.2 Å². The predicted octanol–water partition coefficient (Wildman–Crippen LogP) is 3.68. The molecule has 2 aromatic carbocycles. The van der Waals surface area contributed by atoms with Gasteiger partial charge in [0.1, 0.15) is 11.4 Å². The second-order valence-electron chi connectivity index (χ2n) is 5.95. The quantitative estimate of drug-likeness (QED) is 0.708. The average molecular weight is 354 g/mol. The summed E-state index contributed by atoms with van der Waals surface area (Å²) in [5.74, 6) is 1.84. The van der Waals surface area contributed by atoms with Crippen LogP contribution in [-0.4, -0.2) is 32.2 Å². The lowest BCUT2D eigenvalue weighted by atomic mass is 10.1. The Morgan fingerprint density at radius 2 is 1.73 bits per heavy atom. The number of benzene rings is 2. The van der Waals surface area contributed by atoms with Crippen LogP contribution in [-0.2, 0) is 0 Å². The average Bonchev–Trinajstić information content (AvgIpc) is 3.10. The Morgan fingerprint density at radius 1 is 0.962 bits per heavy atom. The standard InChI is InChI=1S/C20H22N2O4/c1-12(13-6-8-18(25-3)19(10-13)26-4)21-20(23)17-9-14-5-7-15(24-2)11-16(14)22-17/h5-12,22H,1-4H3,(H,21,23). The molecule has 1 unspecified atom stereocenters. The molecule has 136 valence electrons. The number of fused-ring (bicyclic) bond motifs is 1. The van der Waals surface area contributed by atoms with Crippen molar-refractivity contribution in [3.63, 3.8) is 0 Å². The highest BCUT2D eigenvalue weighted by atomic mass is 16.5. The Labute approximate surface area is 152 Å². The van der Waals surface area contributed by atoms with Gasteiger partial charge < -0.3 is 24.5 Å². The van der Waals surface area contributed by atoms with E-state index in [0.717, 1.165) is 22.2 Å². The molecule has 3 rings (SSSR count). The number of hydrogen-bond donors (Lipinski definition) is 2. The van der Waals surface area contributed by atoms with Gasteiger partial charge in [0.2, 0.25) is 0 Å². The van der Waals surface area contributed by atoms with Gasteiger partial charge in [-0.15, -0.1) is 0 Å². The maximum Gasteiger partial charge on any atom is 0.268 e. The maximum atomic E-state index is 12.6. The zero-order chi connectivity index (χ0) is 18.7. The number of carbonyl (C=O) groups excluding carboxylic acids is 1. The minimum atomic E-state index is -0.191. The molecule has 1 amide bonds. The van der Waals surface area contributed by atoms with Crippen LogP contribution in [0.5, 0.6) is 17.2 Å². The third kappa shape index (κ3) is 3.44. The monoisotopic (exact) mass is 354 g/mol. The summed E-state index contributed by atoms with van der Waals surface area (Å²) in [6, 6.07) is 12.9. The molecule has 0 fully saturated rings. The molecule has 0 saturated carbocycles. The van der Waals surface area contributed by atoms with Gasteiger partial charge in [-0.25, -0.2) is 0 Å². The van der Waals surface area contributed by atoms with Gasteiger partial charge in [0, 0.05) is 17.0 Å². The topological polar surface area (TPSA) is 72.6 Å². The summed E-state index contributed by atoms with van der Waals surface area (Å²) in [7, 11) is 4.79. The van der Waals surface area contributed by atoms with Crippen LogP contribution in [0, 0.1) is 0 Å². The van der Waals surface area contributed by atoms with E-state index in [1.807, 2.05) is 49.4 Å². The molecule has 0 aliphatic carbocycles. The molecule has 0 bridgehead atoms. The van der Waals surface area contributed by atoms with E-state index < -0.39 is 0 Å². The van der Waals surface area contributed by atoms with Crippen LogP contribution in [0.1, 0.15) is 29.0 Å². The number of aromatic nitrogens is 1. The molecule has 0 aliphatic rings. The first kappa shape index (κ1) is 17.7. The Morgan fingerprint density at radius 3 is 2.42 bits per heavy atom. The van der Waals surface area contributed by atoms with Crippen molar-refractivity contribution < 1.29 is 19.0 Å². The summed E-state index contributed by atoms with van der Waals surface area (Å²) in [6.45, 7) is 1.92. The van der Waals surface area contributed by atoms with Gasteiger partial charge in [-0.05, 0) is 42.8 Å². The number of nitrogens with one attached hydrogen (secondary N) is 2. The van der Waals surface area contributed by atoms with Gasteiger partial charge in [0.05, 0.1) is 27.4 Å². The van der Waals surface area contributed by atoms with Crippen LogP contribution in [0.3, 0.4) is 0 Å². The normalized spacial score (nSPS) is 11.8. The van der Waals surface area contributed by atoms with E-state index in [0.29, 0.717) is 17.2 Å². The van der Waals surface area contributed by atoms with Crippen LogP contribution >= 0.6 is 0 Å². The number of H-pyrrole nitrogens is 1. The van der Waals surface area contributed by atoms with Gasteiger partial charge in [-0.1, -0.05) is 6.07 Å². The van der Waals surface area contributed by atoms with Crippen molar-refractivity contribution >= 4 is 16.8 Å². The fraction of sp³-hybridized carbons (Fsp3) is 0.250. The van der Waals surface area contributed by atoms with Crippen molar-refractivity contribution in [2.75, 3.05) is 21.3 Å². The number of ether oxygens (including phenoxy) is 3. The first-order chi connectivity index (χ1) is 12.5. The molecular weight excluding hydrogens is 332 g/mol. The zero-order valence-electron chi connectivity index (χ0n) is 15.3. The molecule has 6 nitrogen and oxygen atoms in total. The number of amides is 1. The molecule has 6 heteroatoms. The van der Waals surface area contributed by atoms with E-state index in [1.54, 1.807) is 21.3 Å². The van der Waals surface area contributed by atoms with E-state index in [1.165, 1.54) is 0 Å². The molecule has 0 saturated heterocycles. The first-order valence-electron chi connectivity index (χ1n) is 8.25. The van der Waals surface area contributed by atoms with Crippen LogP contribution < -0.4 is 19.5 Å². The number of rotatable bonds is 6. The van der Waals surface area contributed by atoms with Crippen LogP contribution in [0.4, 0.5) is 0 Å². The summed E-state index contributed by atoms with van der Waals surface area (Å²) < 4.78 is 15.8. The highest BCUT2D eigenvalue weighted by Crippen LogP contribution is 2.30. The smallest absolute Gasteiger partial charge is 0.268 e. The molecule has 1 atom stereocenters. The minimum absolute atomic E-state index is 0.178. The van der Waals surface area contributed by atoms with E-state index in [2.05, 4.69) is 10.3 Å². The Balaban J connectivity index is 1.78. The highest BCUT2D eigenvalue weighted by molar-refractivity contribution is 5.98. The molecule has 26 heavy (non-hydrogen) atoms. The molecular formula is C20H22N2O4. The van der Waals surface area contributed by atoms with Gasteiger partial charge in [-0.2, -0.15) is 0 Å². The molecule has 0 aliphatic heterocycles. The Kier molecular flexibility index (Phi) is 5.02. The first-order valence-corrected chi connectivity index (χ1v) is 8.25. The van der Waals surface area contributed by atoms with Crippen molar-refractivity contribution in [2.24, 2.45) is 0 Å². The molecule has 0 spiro atoms. The lowest BCUT2D eigenvalue weighted by molar-refractivity contribution is 0.0935. The maximum absolute atomic E-state index is 12.6. The van der Waals surface area contributed by atoms with E-state index >= 15 is 0 Å². The summed E-state index contributed by atoms with van der Waals surface area (Å²) in [5, 5.41) is 3.95. The van der Waals surface area contributed by atoms with E-state index in [-0.39, 0.29) is 11.9 Å². The molecule has 1 heterocycles. The van der Waals surface area contributed by atoms with Gasteiger partial charge in [-0.3, -0.25) is 4.79 Å². The number of aromatic amines is 1. The van der Waals surface area contributed by atoms with Crippen LogP contribution in [0.2, 0.25) is 0 Å². The fourth-order valence-corrected chi connectivity index (χ4v) is 2.84. The lowest BCUT2D eigenvalue weighted by Crippen LogP contribution is -2.26. The summed E-state index contributed by atoms with van der Waals surface area (Å²) in [5.41, 5.74) is 2.28. The second kappa shape index (κ2) is 7.39. The van der Waals surface area contributed by atoms with E-state index in [4.69, 9.17) is 14.2 Å². The summed E-state index contributed by atoms with van der Waals surface area (Å²) in [4.78, 5) is 15.7. The second-order valence-corrected chi connectivity index (χ2v) is 5.95. The van der Waals surface area contributed by atoms with Crippen molar-refractivity contribution in [3.05, 3.63) is 53.7 Å². The predicted molar refractivity (Wildman–Crippen MR) is 100 cm³/mol. The van der Waals surface area contributed by atoms with Gasteiger partial charge in [0.15, 0.2) is 11.5 Å². The van der Waals surface area contributed by atoms with E-state index in [9.17, 15) is 4.79 Å². The molecule has 0 radical (unpaired) electrons. The van der Waals surface area contributed by atoms with Crippen LogP contribution in [0.15, 0.2) is 42.5 Å². The third-order valence-electron chi connectivity index (χ3n) is 4.33. The Bertz CT molecular complexity index is 933. The van der Waals surface area contributed by atoms with Crippen molar-refractivity contribution in [1.29, 1.82) is 0 Å². The summed E-state index contributed by atoms with van der Waals surface area (Å²) in [6.07, 6.45) is 0. The third-order valence-corrected chi connectivity index (χ3v) is 4.33. The zero-order valence-corrected chi connectivity index (χ0v) is 15.3. The largest absolute Gasteiger partial charge is 0.497 e. The Hall–Kier alpha value is -3.15. The van der Waals surface area contributed by atoms with Gasteiger partial charge >= 0.3 is 0 Å². The molecule has 2 N–H and O–H groups in total. The summed E-state index contributed by atoms with van der Waals surface area (Å²) >= 11 is 0. The van der Waals surface area contributed by atoms with Crippen LogP contribution in [0.25, 0.3) is 10.9 Å². The SMILES string of the molecule is COc1ccc2cc(C(=O)NC(C)c3ccc(OC)c(OC)c3)[nH]c2c1. The lowest BCUT2D eigenvalue weighted by Gasteiger charge is -2.16. The molecule has 1 aromatic heterocycles. The number of hydrogen-bond acceptors (Lipinski definition) is 4. The van der Waals surface area contributed by atoms with Crippen molar-refractivity contribution in [2.45, 2.75) is 13.0 Å². The minimum Gasteiger partial charge on any atom is -0.497 e. The number of carbonyl (C=O) groups is 1. The highest BCUT2D eigenvalue weighted by Gasteiger charge is 2.15. The fourth-order valence-electron chi connectivity index (χ4n) is 2.84.